The molecule has 5 nitrogen and oxygen atoms in total. The number of amides is 2. The predicted octanol–water partition coefficient (Wildman–Crippen LogP) is 4.21. The summed E-state index contributed by atoms with van der Waals surface area (Å²) in [7, 11) is 0. The van der Waals surface area contributed by atoms with Crippen molar-refractivity contribution in [2.45, 2.75) is 20.4 Å². The van der Waals surface area contributed by atoms with Crippen molar-refractivity contribution >= 4 is 34.4 Å². The molecule has 3 rings (SSSR count). The first-order valence-electron chi connectivity index (χ1n) is 7.08. The van der Waals surface area contributed by atoms with E-state index in [-0.39, 0.29) is 6.03 Å². The van der Waals surface area contributed by atoms with E-state index in [4.69, 9.17) is 0 Å². The van der Waals surface area contributed by atoms with Crippen LogP contribution in [0.1, 0.15) is 16.4 Å². The molecule has 118 valence electrons. The minimum atomic E-state index is -0.245. The molecular formula is C16H16N4OS2. The number of carbonyl (C=O) groups is 1. The summed E-state index contributed by atoms with van der Waals surface area (Å²) in [6.45, 7) is 4.33. The summed E-state index contributed by atoms with van der Waals surface area (Å²) >= 11 is 3.13. The number of aromatic nitrogens is 2. The molecule has 0 atom stereocenters. The molecule has 0 saturated carbocycles. The first kappa shape index (κ1) is 15.6. The molecule has 0 unspecified atom stereocenters. The predicted molar refractivity (Wildman–Crippen MR) is 95.0 cm³/mol. The van der Waals surface area contributed by atoms with Gasteiger partial charge in [-0.15, -0.1) is 22.7 Å². The smallest absolute Gasteiger partial charge is 0.319 e. The Morgan fingerprint density at radius 2 is 1.91 bits per heavy atom. The number of hydrogen-bond donors (Lipinski definition) is 2. The molecule has 2 amide bonds. The highest BCUT2D eigenvalue weighted by Gasteiger charge is 2.07. The number of nitrogens with zero attached hydrogens (tertiary/aromatic N) is 2. The van der Waals surface area contributed by atoms with E-state index in [2.05, 4.69) is 20.6 Å². The lowest BCUT2D eigenvalue weighted by Gasteiger charge is -2.07. The average Bonchev–Trinajstić information content (AvgIpc) is 3.14. The number of urea groups is 1. The molecule has 2 N–H and O–H groups in total. The summed E-state index contributed by atoms with van der Waals surface area (Å²) < 4.78 is 0. The molecule has 7 heteroatoms. The number of hydrogen-bond acceptors (Lipinski definition) is 5. The quantitative estimate of drug-likeness (QED) is 0.745. The Labute approximate surface area is 142 Å². The van der Waals surface area contributed by atoms with Crippen LogP contribution in [0.5, 0.6) is 0 Å². The summed E-state index contributed by atoms with van der Waals surface area (Å²) in [5.74, 6) is 0. The number of aryl methyl sites for hydroxylation is 2. The number of carbonyl (C=O) groups excluding carboxylic acids is 1. The molecule has 0 aliphatic heterocycles. The average molecular weight is 344 g/mol. The van der Waals surface area contributed by atoms with Gasteiger partial charge in [0.1, 0.15) is 10.0 Å². The van der Waals surface area contributed by atoms with Crippen molar-refractivity contribution < 1.29 is 4.79 Å². The highest BCUT2D eigenvalue weighted by Crippen LogP contribution is 2.25. The van der Waals surface area contributed by atoms with Gasteiger partial charge in [-0.05, 0) is 26.0 Å². The van der Waals surface area contributed by atoms with Crippen LogP contribution in [0.3, 0.4) is 0 Å². The Kier molecular flexibility index (Phi) is 4.68. The number of nitrogens with one attached hydrogen (secondary N) is 2. The molecule has 0 fully saturated rings. The summed E-state index contributed by atoms with van der Waals surface area (Å²) in [5, 5.41) is 11.5. The van der Waals surface area contributed by atoms with E-state index >= 15 is 0 Å². The van der Waals surface area contributed by atoms with E-state index in [0.717, 1.165) is 32.7 Å². The van der Waals surface area contributed by atoms with Crippen molar-refractivity contribution in [2.75, 3.05) is 5.32 Å². The van der Waals surface area contributed by atoms with E-state index in [9.17, 15) is 4.79 Å². The lowest BCUT2D eigenvalue weighted by Crippen LogP contribution is -2.28. The van der Waals surface area contributed by atoms with Crippen LogP contribution in [0.4, 0.5) is 10.5 Å². The summed E-state index contributed by atoms with van der Waals surface area (Å²) in [5.41, 5.74) is 3.71. The summed E-state index contributed by atoms with van der Waals surface area (Å²) in [6, 6.07) is 7.43. The van der Waals surface area contributed by atoms with Crippen LogP contribution in [0.15, 0.2) is 35.0 Å². The number of rotatable bonds is 4. The Morgan fingerprint density at radius 1 is 1.13 bits per heavy atom. The van der Waals surface area contributed by atoms with Crippen LogP contribution in [0, 0.1) is 13.8 Å². The van der Waals surface area contributed by atoms with Gasteiger partial charge >= 0.3 is 6.03 Å². The second kappa shape index (κ2) is 6.89. The molecule has 2 aromatic heterocycles. The van der Waals surface area contributed by atoms with Crippen molar-refractivity contribution in [1.29, 1.82) is 0 Å². The molecule has 0 radical (unpaired) electrons. The third-order valence-corrected chi connectivity index (χ3v) is 5.03. The van der Waals surface area contributed by atoms with Gasteiger partial charge in [0.25, 0.3) is 0 Å². The standard InChI is InChI=1S/C16H16N4OS2/c1-10-8-22-14(18-10)7-17-16(21)20-13-5-3-4-12(6-13)15-19-11(2)9-23-15/h3-6,8-9H,7H2,1-2H3,(H2,17,20,21). The largest absolute Gasteiger partial charge is 0.331 e. The Morgan fingerprint density at radius 3 is 2.61 bits per heavy atom. The van der Waals surface area contributed by atoms with Crippen LogP contribution in [-0.2, 0) is 6.54 Å². The Balaban J connectivity index is 1.62. The van der Waals surface area contributed by atoms with Gasteiger partial charge < -0.3 is 10.6 Å². The van der Waals surface area contributed by atoms with Gasteiger partial charge in [-0.3, -0.25) is 0 Å². The third kappa shape index (κ3) is 4.14. The number of anilines is 1. The Bertz CT molecular complexity index is 825. The second-order valence-corrected chi connectivity index (χ2v) is 6.87. The van der Waals surface area contributed by atoms with E-state index in [1.54, 1.807) is 11.3 Å². The van der Waals surface area contributed by atoms with Gasteiger partial charge in [0.15, 0.2) is 0 Å². The monoisotopic (exact) mass is 344 g/mol. The lowest BCUT2D eigenvalue weighted by molar-refractivity contribution is 0.251. The van der Waals surface area contributed by atoms with Gasteiger partial charge in [0.2, 0.25) is 0 Å². The maximum absolute atomic E-state index is 12.0. The molecule has 0 bridgehead atoms. The SMILES string of the molecule is Cc1csc(CNC(=O)Nc2cccc(-c3nc(C)cs3)c2)n1. The van der Waals surface area contributed by atoms with E-state index in [1.807, 2.05) is 48.9 Å². The van der Waals surface area contributed by atoms with Crippen LogP contribution in [0.25, 0.3) is 10.6 Å². The van der Waals surface area contributed by atoms with Crippen LogP contribution < -0.4 is 10.6 Å². The molecule has 0 spiro atoms. The summed E-state index contributed by atoms with van der Waals surface area (Å²) in [6.07, 6.45) is 0. The molecule has 0 aliphatic rings. The minimum Gasteiger partial charge on any atom is -0.331 e. The molecule has 0 saturated heterocycles. The van der Waals surface area contributed by atoms with Gasteiger partial charge in [-0.2, -0.15) is 0 Å². The normalized spacial score (nSPS) is 10.5. The second-order valence-electron chi connectivity index (χ2n) is 5.07. The fraction of sp³-hybridized carbons (Fsp3) is 0.188. The Hall–Kier alpha value is -2.25. The zero-order valence-electron chi connectivity index (χ0n) is 12.8. The zero-order valence-corrected chi connectivity index (χ0v) is 14.4. The van der Waals surface area contributed by atoms with E-state index in [0.29, 0.717) is 6.54 Å². The number of benzene rings is 1. The fourth-order valence-electron chi connectivity index (χ4n) is 2.03. The van der Waals surface area contributed by atoms with E-state index in [1.165, 1.54) is 11.3 Å². The van der Waals surface area contributed by atoms with E-state index < -0.39 is 0 Å². The maximum atomic E-state index is 12.0. The van der Waals surface area contributed by atoms with Crippen molar-refractivity contribution in [1.82, 2.24) is 15.3 Å². The molecule has 23 heavy (non-hydrogen) atoms. The molecule has 2 heterocycles. The highest BCUT2D eigenvalue weighted by atomic mass is 32.1. The van der Waals surface area contributed by atoms with Crippen molar-refractivity contribution in [3.05, 3.63) is 51.4 Å². The first-order valence-corrected chi connectivity index (χ1v) is 8.84. The lowest BCUT2D eigenvalue weighted by atomic mass is 10.2. The maximum Gasteiger partial charge on any atom is 0.319 e. The van der Waals surface area contributed by atoms with Crippen molar-refractivity contribution in [3.63, 3.8) is 0 Å². The summed E-state index contributed by atoms with van der Waals surface area (Å²) in [4.78, 5) is 20.8. The zero-order chi connectivity index (χ0) is 16.2. The topological polar surface area (TPSA) is 66.9 Å². The van der Waals surface area contributed by atoms with Crippen molar-refractivity contribution in [3.8, 4) is 10.6 Å². The van der Waals surface area contributed by atoms with Gasteiger partial charge in [0, 0.05) is 33.4 Å². The molecule has 0 aliphatic carbocycles. The van der Waals surface area contributed by atoms with Gasteiger partial charge in [-0.1, -0.05) is 12.1 Å². The van der Waals surface area contributed by atoms with Crippen molar-refractivity contribution in [2.24, 2.45) is 0 Å². The molecule has 3 aromatic rings. The van der Waals surface area contributed by atoms with Crippen LogP contribution in [-0.4, -0.2) is 16.0 Å². The fourth-order valence-corrected chi connectivity index (χ4v) is 3.54. The first-order chi connectivity index (χ1) is 11.1. The molecule has 1 aromatic carbocycles. The number of thiazole rings is 2. The van der Waals surface area contributed by atoms with Gasteiger partial charge in [0.05, 0.1) is 6.54 Å². The minimum absolute atomic E-state index is 0.245. The van der Waals surface area contributed by atoms with Crippen LogP contribution >= 0.6 is 22.7 Å². The highest BCUT2D eigenvalue weighted by molar-refractivity contribution is 7.13. The molecular weight excluding hydrogens is 328 g/mol. The van der Waals surface area contributed by atoms with Crippen LogP contribution in [0.2, 0.25) is 0 Å². The van der Waals surface area contributed by atoms with Gasteiger partial charge in [-0.25, -0.2) is 14.8 Å². The third-order valence-electron chi connectivity index (χ3n) is 3.05.